The maximum atomic E-state index is 14.1. The summed E-state index contributed by atoms with van der Waals surface area (Å²) < 4.78 is 3.48. The molecule has 0 saturated heterocycles. The highest BCUT2D eigenvalue weighted by Gasteiger charge is 2.21. The number of nitrogens with two attached hydrogens (primary N) is 1. The van der Waals surface area contributed by atoms with Gasteiger partial charge in [0.05, 0.1) is 23.8 Å². The van der Waals surface area contributed by atoms with Crippen molar-refractivity contribution in [1.29, 1.82) is 0 Å². The van der Waals surface area contributed by atoms with Crippen molar-refractivity contribution in [2.45, 2.75) is 19.3 Å². The van der Waals surface area contributed by atoms with E-state index in [0.29, 0.717) is 23.2 Å². The van der Waals surface area contributed by atoms with Gasteiger partial charge in [-0.1, -0.05) is 43.3 Å². The van der Waals surface area contributed by atoms with Gasteiger partial charge < -0.3 is 5.73 Å². The summed E-state index contributed by atoms with van der Waals surface area (Å²) in [6.07, 6.45) is 5.55. The number of fused-ring (bicyclic) bond motifs is 1. The molecule has 3 aromatic heterocycles. The molecular weight excluding hydrogens is 438 g/mol. The van der Waals surface area contributed by atoms with Crippen molar-refractivity contribution in [3.05, 3.63) is 106 Å². The van der Waals surface area contributed by atoms with Gasteiger partial charge in [-0.2, -0.15) is 5.10 Å². The lowest BCUT2D eigenvalue weighted by Gasteiger charge is -2.21. The first-order valence-corrected chi connectivity index (χ1v) is 11.2. The fourth-order valence-corrected chi connectivity index (χ4v) is 4.45. The number of nitrogens with zero attached hydrogens (tertiary/aromatic N) is 6. The van der Waals surface area contributed by atoms with Crippen molar-refractivity contribution in [2.75, 3.05) is 5.73 Å². The smallest absolute Gasteiger partial charge is 0.263 e. The average molecular weight is 462 g/mol. The minimum Gasteiger partial charge on any atom is -0.368 e. The normalized spacial score (nSPS) is 11.9. The largest absolute Gasteiger partial charge is 0.368 e. The number of hydrogen-bond acceptors (Lipinski definition) is 5. The van der Waals surface area contributed by atoms with Crippen LogP contribution in [0, 0.1) is 6.57 Å². The number of pyridine rings is 1. The highest BCUT2D eigenvalue weighted by Crippen LogP contribution is 2.31. The average Bonchev–Trinajstić information content (AvgIpc) is 3.30. The van der Waals surface area contributed by atoms with Crippen LogP contribution in [0.4, 0.5) is 11.6 Å². The van der Waals surface area contributed by atoms with E-state index in [2.05, 4.69) is 26.0 Å². The van der Waals surface area contributed by atoms with Gasteiger partial charge in [-0.15, -0.1) is 0 Å². The third-order valence-electron chi connectivity index (χ3n) is 6.09. The van der Waals surface area contributed by atoms with E-state index >= 15 is 0 Å². The predicted octanol–water partition coefficient (Wildman–Crippen LogP) is 4.66. The van der Waals surface area contributed by atoms with E-state index in [4.69, 9.17) is 12.3 Å². The summed E-state index contributed by atoms with van der Waals surface area (Å²) in [5.41, 5.74) is 9.94. The van der Waals surface area contributed by atoms with Crippen LogP contribution in [-0.2, 0) is 13.5 Å². The van der Waals surface area contributed by atoms with Gasteiger partial charge in [-0.05, 0) is 35.6 Å². The number of aromatic nitrogens is 5. The van der Waals surface area contributed by atoms with E-state index in [-0.39, 0.29) is 17.4 Å². The van der Waals surface area contributed by atoms with E-state index < -0.39 is 0 Å². The number of benzene rings is 2. The highest BCUT2D eigenvalue weighted by atomic mass is 16.1. The summed E-state index contributed by atoms with van der Waals surface area (Å²) in [5.74, 6) is -0.0103. The third-order valence-corrected chi connectivity index (χ3v) is 6.09. The molecule has 2 N–H and O–H groups in total. The number of rotatable bonds is 5. The zero-order valence-corrected chi connectivity index (χ0v) is 19.4. The predicted molar refractivity (Wildman–Crippen MR) is 137 cm³/mol. The fourth-order valence-electron chi connectivity index (χ4n) is 4.45. The molecule has 1 atom stereocenters. The lowest BCUT2D eigenvalue weighted by atomic mass is 9.95. The Labute approximate surface area is 202 Å². The van der Waals surface area contributed by atoms with Gasteiger partial charge in [0, 0.05) is 42.3 Å². The quantitative estimate of drug-likeness (QED) is 0.384. The Morgan fingerprint density at radius 3 is 2.63 bits per heavy atom. The second-order valence-electron chi connectivity index (χ2n) is 8.49. The Hall–Kier alpha value is -4.77. The van der Waals surface area contributed by atoms with Crippen LogP contribution in [0.5, 0.6) is 0 Å². The van der Waals surface area contributed by atoms with E-state index in [1.807, 2.05) is 68.7 Å². The van der Waals surface area contributed by atoms with Crippen LogP contribution in [0.3, 0.4) is 0 Å². The van der Waals surface area contributed by atoms with Crippen LogP contribution in [0.1, 0.15) is 24.2 Å². The van der Waals surface area contributed by atoms with Crippen LogP contribution in [0.2, 0.25) is 0 Å². The molecule has 2 aromatic carbocycles. The minimum absolute atomic E-state index is 0.109. The molecule has 8 heteroatoms. The van der Waals surface area contributed by atoms with Crippen molar-refractivity contribution in [2.24, 2.45) is 7.05 Å². The number of para-hydroxylation sites is 1. The van der Waals surface area contributed by atoms with Crippen LogP contribution in [-0.4, -0.2) is 24.3 Å². The molecular formula is C27H23N7O. The topological polar surface area (TPSA) is 96.0 Å². The van der Waals surface area contributed by atoms with Gasteiger partial charge in [-0.25, -0.2) is 14.8 Å². The van der Waals surface area contributed by atoms with Crippen molar-refractivity contribution in [1.82, 2.24) is 24.3 Å². The Bertz CT molecular complexity index is 1640. The standard InChI is InChI=1S/C27H23N7O/c1-17(12-22-23(29-2)15-30-27(28)32-22)24-13-18-8-7-11-21(19-14-31-33(3)16-19)25(18)26(35)34(24)20-9-5-4-6-10-20/h4-11,13-17H,12H2,1,3H3,(H2,28,30,32)/t17-/m1/s1. The van der Waals surface area contributed by atoms with Crippen LogP contribution in [0.15, 0.2) is 78.0 Å². The maximum Gasteiger partial charge on any atom is 0.263 e. The summed E-state index contributed by atoms with van der Waals surface area (Å²) in [5, 5.41) is 5.77. The number of aryl methyl sites for hydroxylation is 1. The fraction of sp³-hybridized carbons (Fsp3) is 0.148. The van der Waals surface area contributed by atoms with Crippen molar-refractivity contribution >= 4 is 22.4 Å². The molecule has 172 valence electrons. The SMILES string of the molecule is [C-]#[N+]c1cnc(N)nc1C[C@@H](C)c1cc2cccc(-c3cnn(C)c3)c2c(=O)n1-c1ccccc1. The Morgan fingerprint density at radius 2 is 1.91 bits per heavy atom. The Kier molecular flexibility index (Phi) is 5.59. The number of hydrogen-bond donors (Lipinski definition) is 1. The van der Waals surface area contributed by atoms with Crippen LogP contribution >= 0.6 is 0 Å². The number of nitrogen functional groups attached to an aromatic ring is 1. The third kappa shape index (κ3) is 4.04. The molecule has 0 unspecified atom stereocenters. The second kappa shape index (κ2) is 8.88. The molecule has 0 saturated carbocycles. The first-order valence-electron chi connectivity index (χ1n) is 11.2. The van der Waals surface area contributed by atoms with Crippen LogP contribution < -0.4 is 11.3 Å². The molecule has 0 aliphatic heterocycles. The van der Waals surface area contributed by atoms with E-state index in [1.165, 1.54) is 6.20 Å². The zero-order valence-electron chi connectivity index (χ0n) is 19.4. The van der Waals surface area contributed by atoms with Gasteiger partial charge in [0.2, 0.25) is 11.6 Å². The van der Waals surface area contributed by atoms with Crippen LogP contribution in [0.25, 0.3) is 32.4 Å². The molecule has 0 aliphatic rings. The lowest BCUT2D eigenvalue weighted by molar-refractivity contribution is 0.686. The zero-order chi connectivity index (χ0) is 24.5. The van der Waals surface area contributed by atoms with Gasteiger partial charge in [-0.3, -0.25) is 14.0 Å². The first kappa shape index (κ1) is 22.0. The lowest BCUT2D eigenvalue weighted by Crippen LogP contribution is -2.24. The van der Waals surface area contributed by atoms with E-state index in [0.717, 1.165) is 27.9 Å². The number of anilines is 1. The van der Waals surface area contributed by atoms with Gasteiger partial charge in [0.15, 0.2) is 0 Å². The Morgan fingerprint density at radius 1 is 1.11 bits per heavy atom. The van der Waals surface area contributed by atoms with Gasteiger partial charge >= 0.3 is 0 Å². The molecule has 5 aromatic rings. The summed E-state index contributed by atoms with van der Waals surface area (Å²) in [7, 11) is 1.86. The molecule has 0 amide bonds. The van der Waals surface area contributed by atoms with E-state index in [1.54, 1.807) is 15.4 Å². The van der Waals surface area contributed by atoms with Crippen molar-refractivity contribution in [3.63, 3.8) is 0 Å². The van der Waals surface area contributed by atoms with Crippen molar-refractivity contribution in [3.8, 4) is 16.8 Å². The monoisotopic (exact) mass is 461 g/mol. The maximum absolute atomic E-state index is 14.1. The molecule has 0 bridgehead atoms. The summed E-state index contributed by atoms with van der Waals surface area (Å²) in [6.45, 7) is 9.50. The molecule has 0 radical (unpaired) electrons. The van der Waals surface area contributed by atoms with Crippen molar-refractivity contribution < 1.29 is 0 Å². The molecule has 5 rings (SSSR count). The highest BCUT2D eigenvalue weighted by molar-refractivity contribution is 5.96. The molecule has 3 heterocycles. The molecule has 0 fully saturated rings. The minimum atomic E-state index is -0.135. The van der Waals surface area contributed by atoms with E-state index in [9.17, 15) is 4.79 Å². The Balaban J connectivity index is 1.74. The molecule has 0 aliphatic carbocycles. The summed E-state index contributed by atoms with van der Waals surface area (Å²) in [4.78, 5) is 25.9. The van der Waals surface area contributed by atoms with Gasteiger partial charge in [0.25, 0.3) is 5.56 Å². The summed E-state index contributed by atoms with van der Waals surface area (Å²) in [6, 6.07) is 17.5. The molecule has 35 heavy (non-hydrogen) atoms. The molecule has 8 nitrogen and oxygen atoms in total. The first-order chi connectivity index (χ1) is 17.0. The summed E-state index contributed by atoms with van der Waals surface area (Å²) >= 11 is 0. The molecule has 0 spiro atoms. The van der Waals surface area contributed by atoms with Gasteiger partial charge in [0.1, 0.15) is 0 Å². The second-order valence-corrected chi connectivity index (χ2v) is 8.49.